The number of rotatable bonds is 10. The summed E-state index contributed by atoms with van der Waals surface area (Å²) in [5.41, 5.74) is 2.28. The van der Waals surface area contributed by atoms with Crippen LogP contribution in [-0.2, 0) is 14.8 Å². The van der Waals surface area contributed by atoms with E-state index in [2.05, 4.69) is 21.2 Å². The summed E-state index contributed by atoms with van der Waals surface area (Å²) in [5.74, 6) is -0.126. The average molecular weight is 501 g/mol. The van der Waals surface area contributed by atoms with Crippen molar-refractivity contribution in [1.29, 1.82) is 0 Å². The third kappa shape index (κ3) is 7.28. The Labute approximate surface area is 185 Å². The van der Waals surface area contributed by atoms with Crippen LogP contribution in [0.1, 0.15) is 24.0 Å². The molecule has 164 valence electrons. The van der Waals surface area contributed by atoms with Crippen LogP contribution in [0.15, 0.2) is 40.9 Å². The van der Waals surface area contributed by atoms with Crippen molar-refractivity contribution in [1.82, 2.24) is 5.32 Å². The second kappa shape index (κ2) is 10.8. The Kier molecular flexibility index (Phi) is 8.66. The normalized spacial score (nSPS) is 11.2. The topological polar surface area (TPSA) is 75.7 Å². The molecular formula is C21H26BrFN2O4S. The average Bonchev–Trinajstić information content (AvgIpc) is 2.65. The molecule has 0 saturated heterocycles. The highest BCUT2D eigenvalue weighted by atomic mass is 79.9. The summed E-state index contributed by atoms with van der Waals surface area (Å²) in [6.07, 6.45) is 1.39. The number of amides is 1. The minimum atomic E-state index is -3.68. The highest BCUT2D eigenvalue weighted by molar-refractivity contribution is 9.10. The van der Waals surface area contributed by atoms with Crippen LogP contribution < -0.4 is 14.4 Å². The third-order valence-electron chi connectivity index (χ3n) is 4.52. The van der Waals surface area contributed by atoms with Crippen molar-refractivity contribution in [2.24, 2.45) is 0 Å². The summed E-state index contributed by atoms with van der Waals surface area (Å²) in [6.45, 7) is 4.69. The summed E-state index contributed by atoms with van der Waals surface area (Å²) < 4.78 is 45.4. The van der Waals surface area contributed by atoms with Crippen LogP contribution in [0.3, 0.4) is 0 Å². The number of carbonyl (C=O) groups excluding carboxylic acids is 1. The first-order chi connectivity index (χ1) is 14.1. The van der Waals surface area contributed by atoms with Crippen molar-refractivity contribution in [3.8, 4) is 5.75 Å². The van der Waals surface area contributed by atoms with Crippen LogP contribution in [-0.4, -0.2) is 40.3 Å². The van der Waals surface area contributed by atoms with Gasteiger partial charge in [-0.15, -0.1) is 0 Å². The molecule has 0 aromatic heterocycles. The van der Waals surface area contributed by atoms with E-state index in [-0.39, 0.29) is 31.0 Å². The predicted octanol–water partition coefficient (Wildman–Crippen LogP) is 3.95. The van der Waals surface area contributed by atoms with Crippen LogP contribution in [0.25, 0.3) is 0 Å². The van der Waals surface area contributed by atoms with Gasteiger partial charge in [0.05, 0.1) is 18.5 Å². The molecule has 0 aliphatic carbocycles. The number of carbonyl (C=O) groups is 1. The molecule has 2 aromatic rings. The molecule has 0 saturated carbocycles. The molecule has 0 unspecified atom stereocenters. The molecule has 0 spiro atoms. The highest BCUT2D eigenvalue weighted by Crippen LogP contribution is 2.25. The van der Waals surface area contributed by atoms with E-state index >= 15 is 0 Å². The maximum absolute atomic E-state index is 14.2. The minimum absolute atomic E-state index is 0.00392. The van der Waals surface area contributed by atoms with Crippen LogP contribution >= 0.6 is 15.9 Å². The van der Waals surface area contributed by atoms with Gasteiger partial charge in [0.1, 0.15) is 18.2 Å². The Hall–Kier alpha value is -2.13. The summed E-state index contributed by atoms with van der Waals surface area (Å²) >= 11 is 3.15. The molecule has 1 amide bonds. The number of hydrogen-bond donors (Lipinski definition) is 1. The molecule has 9 heteroatoms. The lowest BCUT2D eigenvalue weighted by molar-refractivity contribution is -0.121. The van der Waals surface area contributed by atoms with Gasteiger partial charge in [-0.2, -0.15) is 0 Å². The van der Waals surface area contributed by atoms with E-state index in [1.54, 1.807) is 6.07 Å². The lowest BCUT2D eigenvalue weighted by Gasteiger charge is -2.23. The fourth-order valence-electron chi connectivity index (χ4n) is 2.78. The number of benzene rings is 2. The number of nitrogens with one attached hydrogen (secondary N) is 1. The molecule has 1 N–H and O–H groups in total. The molecule has 30 heavy (non-hydrogen) atoms. The molecule has 0 radical (unpaired) electrons. The van der Waals surface area contributed by atoms with E-state index in [1.807, 2.05) is 32.0 Å². The standard InChI is InChI=1S/C21H26BrFN2O4S/c1-15-6-8-18(13-16(15)2)29-12-10-24-21(26)5-4-11-25(30(3,27)28)20-9-7-17(22)14-19(20)23/h6-9,13-14H,4-5,10-12H2,1-3H3,(H,24,26). The van der Waals surface area contributed by atoms with Gasteiger partial charge in [0.25, 0.3) is 0 Å². The van der Waals surface area contributed by atoms with Crippen molar-refractivity contribution < 1.29 is 22.3 Å². The lowest BCUT2D eigenvalue weighted by Crippen LogP contribution is -2.33. The van der Waals surface area contributed by atoms with Gasteiger partial charge in [-0.25, -0.2) is 12.8 Å². The van der Waals surface area contributed by atoms with E-state index in [9.17, 15) is 17.6 Å². The second-order valence-corrected chi connectivity index (χ2v) is 9.80. The number of sulfonamides is 1. The molecule has 2 aromatic carbocycles. The highest BCUT2D eigenvalue weighted by Gasteiger charge is 2.21. The fourth-order valence-corrected chi connectivity index (χ4v) is 4.08. The Balaban J connectivity index is 1.79. The largest absolute Gasteiger partial charge is 0.492 e. The lowest BCUT2D eigenvalue weighted by atomic mass is 10.1. The van der Waals surface area contributed by atoms with Gasteiger partial charge in [0.2, 0.25) is 15.9 Å². The van der Waals surface area contributed by atoms with E-state index in [1.165, 1.54) is 17.7 Å². The minimum Gasteiger partial charge on any atom is -0.492 e. The SMILES string of the molecule is Cc1ccc(OCCNC(=O)CCCN(c2ccc(Br)cc2F)S(C)(=O)=O)cc1C. The van der Waals surface area contributed by atoms with Crippen LogP contribution in [0.4, 0.5) is 10.1 Å². The fraction of sp³-hybridized carbons (Fsp3) is 0.381. The van der Waals surface area contributed by atoms with Crippen molar-refractivity contribution in [2.75, 3.05) is 30.3 Å². The summed E-state index contributed by atoms with van der Waals surface area (Å²) in [5, 5.41) is 2.74. The molecule has 6 nitrogen and oxygen atoms in total. The summed E-state index contributed by atoms with van der Waals surface area (Å²) in [4.78, 5) is 12.0. The molecular weight excluding hydrogens is 475 g/mol. The first kappa shape index (κ1) is 24.1. The Morgan fingerprint density at radius 1 is 1.17 bits per heavy atom. The predicted molar refractivity (Wildman–Crippen MR) is 120 cm³/mol. The van der Waals surface area contributed by atoms with Crippen molar-refractivity contribution in [3.63, 3.8) is 0 Å². The maximum atomic E-state index is 14.2. The Morgan fingerprint density at radius 3 is 2.53 bits per heavy atom. The van der Waals surface area contributed by atoms with Crippen LogP contribution in [0, 0.1) is 19.7 Å². The summed E-state index contributed by atoms with van der Waals surface area (Å²) in [7, 11) is -3.68. The van der Waals surface area contributed by atoms with Crippen molar-refractivity contribution >= 4 is 37.5 Å². The number of anilines is 1. The second-order valence-electron chi connectivity index (χ2n) is 6.98. The van der Waals surface area contributed by atoms with Crippen molar-refractivity contribution in [2.45, 2.75) is 26.7 Å². The quantitative estimate of drug-likeness (QED) is 0.501. The van der Waals surface area contributed by atoms with E-state index in [4.69, 9.17) is 4.74 Å². The van der Waals surface area contributed by atoms with Gasteiger partial charge < -0.3 is 10.1 Å². The molecule has 0 fully saturated rings. The number of nitrogens with zero attached hydrogens (tertiary/aromatic N) is 1. The zero-order valence-electron chi connectivity index (χ0n) is 17.2. The number of halogens is 2. The number of ether oxygens (including phenoxy) is 1. The van der Waals surface area contributed by atoms with Gasteiger partial charge in [0, 0.05) is 17.4 Å². The molecule has 0 bridgehead atoms. The number of hydrogen-bond acceptors (Lipinski definition) is 4. The molecule has 0 atom stereocenters. The Bertz CT molecular complexity index is 998. The Morgan fingerprint density at radius 2 is 1.90 bits per heavy atom. The maximum Gasteiger partial charge on any atom is 0.232 e. The van der Waals surface area contributed by atoms with Gasteiger partial charge in [-0.3, -0.25) is 9.10 Å². The van der Waals surface area contributed by atoms with Gasteiger partial charge in [-0.1, -0.05) is 22.0 Å². The van der Waals surface area contributed by atoms with Crippen LogP contribution in [0.5, 0.6) is 5.75 Å². The zero-order chi connectivity index (χ0) is 22.3. The van der Waals surface area contributed by atoms with Gasteiger partial charge >= 0.3 is 0 Å². The van der Waals surface area contributed by atoms with Gasteiger partial charge in [0.15, 0.2) is 0 Å². The van der Waals surface area contributed by atoms with Crippen LogP contribution in [0.2, 0.25) is 0 Å². The van der Waals surface area contributed by atoms with E-state index in [0.717, 1.165) is 21.9 Å². The van der Waals surface area contributed by atoms with Gasteiger partial charge in [-0.05, 0) is 61.7 Å². The third-order valence-corrected chi connectivity index (χ3v) is 6.19. The summed E-state index contributed by atoms with van der Waals surface area (Å²) in [6, 6.07) is 9.97. The molecule has 0 aliphatic heterocycles. The van der Waals surface area contributed by atoms with E-state index < -0.39 is 15.8 Å². The monoisotopic (exact) mass is 500 g/mol. The smallest absolute Gasteiger partial charge is 0.232 e. The first-order valence-corrected chi connectivity index (χ1v) is 12.1. The zero-order valence-corrected chi connectivity index (χ0v) is 19.6. The number of aryl methyl sites for hydroxylation is 2. The van der Waals surface area contributed by atoms with Crippen molar-refractivity contribution in [3.05, 3.63) is 57.8 Å². The molecule has 0 heterocycles. The molecule has 0 aliphatic rings. The van der Waals surface area contributed by atoms with E-state index in [0.29, 0.717) is 17.6 Å². The first-order valence-electron chi connectivity index (χ1n) is 9.47. The molecule has 2 rings (SSSR count).